The van der Waals surface area contributed by atoms with Gasteiger partial charge in [-0.15, -0.1) is 0 Å². The molecule has 2 fully saturated rings. The van der Waals surface area contributed by atoms with Crippen LogP contribution in [0.15, 0.2) is 12.4 Å². The van der Waals surface area contributed by atoms with Crippen molar-refractivity contribution in [2.45, 2.75) is 39.3 Å². The quantitative estimate of drug-likeness (QED) is 0.833. The zero-order chi connectivity index (χ0) is 18.5. The lowest BCUT2D eigenvalue weighted by atomic mass is 9.85. The highest BCUT2D eigenvalue weighted by Crippen LogP contribution is 2.23. The minimum absolute atomic E-state index is 0.219. The molecule has 8 heteroatoms. The maximum Gasteiger partial charge on any atom is 0.319 e. The first kappa shape index (κ1) is 19.2. The fraction of sp³-hybridized carbons (Fsp3) is 0.778. The van der Waals surface area contributed by atoms with Gasteiger partial charge in [0.25, 0.3) is 0 Å². The summed E-state index contributed by atoms with van der Waals surface area (Å²) in [5.41, 5.74) is 0. The third kappa shape index (κ3) is 4.79. The van der Waals surface area contributed by atoms with Crippen LogP contribution in [0.25, 0.3) is 0 Å². The number of nitrogens with one attached hydrogen (secondary N) is 1. The lowest BCUT2D eigenvalue weighted by Crippen LogP contribution is -2.49. The van der Waals surface area contributed by atoms with Crippen LogP contribution in [0, 0.1) is 11.8 Å². The summed E-state index contributed by atoms with van der Waals surface area (Å²) in [4.78, 5) is 20.6. The molecular formula is C18H29F2N5O. The van der Waals surface area contributed by atoms with Crippen molar-refractivity contribution in [3.05, 3.63) is 18.2 Å². The van der Waals surface area contributed by atoms with E-state index in [0.29, 0.717) is 56.8 Å². The smallest absolute Gasteiger partial charge is 0.319 e. The summed E-state index contributed by atoms with van der Waals surface area (Å²) in [6.07, 6.45) is 5.70. The second-order valence-electron chi connectivity index (χ2n) is 7.47. The van der Waals surface area contributed by atoms with Crippen LogP contribution in [0.3, 0.4) is 0 Å². The van der Waals surface area contributed by atoms with Gasteiger partial charge in [0.15, 0.2) is 0 Å². The molecule has 0 spiro atoms. The van der Waals surface area contributed by atoms with E-state index in [-0.39, 0.29) is 5.91 Å². The van der Waals surface area contributed by atoms with Gasteiger partial charge < -0.3 is 10.2 Å². The lowest BCUT2D eigenvalue weighted by Gasteiger charge is -2.36. The van der Waals surface area contributed by atoms with Crippen LogP contribution in [-0.2, 0) is 11.3 Å². The van der Waals surface area contributed by atoms with Crippen molar-refractivity contribution in [3.63, 3.8) is 0 Å². The van der Waals surface area contributed by atoms with E-state index in [1.807, 2.05) is 4.90 Å². The molecule has 3 rings (SSSR count). The number of carbonyl (C=O) groups excluding carboxylic acids is 1. The summed E-state index contributed by atoms with van der Waals surface area (Å²) in [6.45, 7) is 4.81. The molecule has 26 heavy (non-hydrogen) atoms. The molecule has 0 radical (unpaired) electrons. The molecule has 1 aromatic rings. The molecule has 6 nitrogen and oxygen atoms in total. The van der Waals surface area contributed by atoms with Crippen LogP contribution in [-0.4, -0.2) is 64.5 Å². The van der Waals surface area contributed by atoms with Gasteiger partial charge in [-0.25, -0.2) is 4.98 Å². The summed E-state index contributed by atoms with van der Waals surface area (Å²) in [7, 11) is 0. The number of amides is 1. The Morgan fingerprint density at radius 2 is 2.12 bits per heavy atom. The second kappa shape index (κ2) is 8.90. The molecular weight excluding hydrogens is 340 g/mol. The first-order valence-electron chi connectivity index (χ1n) is 9.55. The Bertz CT molecular complexity index is 580. The maximum atomic E-state index is 12.9. The van der Waals surface area contributed by atoms with Crippen LogP contribution in [0.4, 0.5) is 8.78 Å². The molecule has 2 unspecified atom stereocenters. The van der Waals surface area contributed by atoms with E-state index >= 15 is 0 Å². The van der Waals surface area contributed by atoms with Crippen molar-refractivity contribution < 1.29 is 13.6 Å². The van der Waals surface area contributed by atoms with E-state index in [1.54, 1.807) is 0 Å². The van der Waals surface area contributed by atoms with Crippen LogP contribution in [0.5, 0.6) is 0 Å². The van der Waals surface area contributed by atoms with Gasteiger partial charge in [-0.2, -0.15) is 8.78 Å². The Labute approximate surface area is 153 Å². The number of halogens is 2. The SMILES string of the molecule is CC(CC(=O)N1CCN(Cc2nccn2C(F)F)CC1)C1CCCNC1. The van der Waals surface area contributed by atoms with Gasteiger partial charge in [-0.3, -0.25) is 14.3 Å². The number of alkyl halides is 2. The predicted molar refractivity (Wildman–Crippen MR) is 94.7 cm³/mol. The van der Waals surface area contributed by atoms with E-state index in [9.17, 15) is 13.6 Å². The molecule has 1 aromatic heterocycles. The van der Waals surface area contributed by atoms with Gasteiger partial charge in [0, 0.05) is 45.0 Å². The largest absolute Gasteiger partial charge is 0.340 e. The van der Waals surface area contributed by atoms with Gasteiger partial charge in [-0.05, 0) is 37.8 Å². The van der Waals surface area contributed by atoms with E-state index in [2.05, 4.69) is 22.1 Å². The monoisotopic (exact) mass is 369 g/mol. The number of piperidine rings is 1. The molecule has 0 aliphatic carbocycles. The van der Waals surface area contributed by atoms with Gasteiger partial charge >= 0.3 is 6.55 Å². The topological polar surface area (TPSA) is 53.4 Å². The third-order valence-corrected chi connectivity index (χ3v) is 5.69. The molecule has 146 valence electrons. The zero-order valence-electron chi connectivity index (χ0n) is 15.4. The average Bonchev–Trinajstić information content (AvgIpc) is 3.11. The molecule has 1 N–H and O–H groups in total. The Kier molecular flexibility index (Phi) is 6.58. The minimum atomic E-state index is -2.56. The summed E-state index contributed by atoms with van der Waals surface area (Å²) >= 11 is 0. The Balaban J connectivity index is 1.44. The van der Waals surface area contributed by atoms with Crippen molar-refractivity contribution in [2.24, 2.45) is 11.8 Å². The molecule has 0 bridgehead atoms. The number of nitrogens with zero attached hydrogens (tertiary/aromatic N) is 4. The maximum absolute atomic E-state index is 12.9. The predicted octanol–water partition coefficient (Wildman–Crippen LogP) is 1.95. The van der Waals surface area contributed by atoms with Crippen molar-refractivity contribution in [3.8, 4) is 0 Å². The summed E-state index contributed by atoms with van der Waals surface area (Å²) in [5.74, 6) is 1.57. The van der Waals surface area contributed by atoms with Crippen LogP contribution < -0.4 is 5.32 Å². The van der Waals surface area contributed by atoms with Gasteiger partial charge in [0.2, 0.25) is 5.91 Å². The van der Waals surface area contributed by atoms with Gasteiger partial charge in [0.05, 0.1) is 6.54 Å². The van der Waals surface area contributed by atoms with Gasteiger partial charge in [0.1, 0.15) is 5.82 Å². The summed E-state index contributed by atoms with van der Waals surface area (Å²) in [5, 5.41) is 3.41. The van der Waals surface area contributed by atoms with Crippen LogP contribution in [0.2, 0.25) is 0 Å². The molecule has 2 atom stereocenters. The summed E-state index contributed by atoms with van der Waals surface area (Å²) in [6, 6.07) is 0. The molecule has 2 aliphatic rings. The average molecular weight is 369 g/mol. The van der Waals surface area contributed by atoms with Crippen LogP contribution in [0.1, 0.15) is 38.6 Å². The number of piperazine rings is 1. The minimum Gasteiger partial charge on any atom is -0.340 e. The number of hydrogen-bond donors (Lipinski definition) is 1. The zero-order valence-corrected chi connectivity index (χ0v) is 15.4. The summed E-state index contributed by atoms with van der Waals surface area (Å²) < 4.78 is 26.7. The Morgan fingerprint density at radius 1 is 1.35 bits per heavy atom. The Hall–Kier alpha value is -1.54. The molecule has 2 saturated heterocycles. The molecule has 0 saturated carbocycles. The number of hydrogen-bond acceptors (Lipinski definition) is 4. The van der Waals surface area contributed by atoms with Gasteiger partial charge in [-0.1, -0.05) is 6.92 Å². The molecule has 2 aliphatic heterocycles. The van der Waals surface area contributed by atoms with Crippen molar-refractivity contribution >= 4 is 5.91 Å². The number of aromatic nitrogens is 2. The van der Waals surface area contributed by atoms with E-state index < -0.39 is 6.55 Å². The molecule has 0 aromatic carbocycles. The number of carbonyl (C=O) groups is 1. The molecule has 3 heterocycles. The highest BCUT2D eigenvalue weighted by Gasteiger charge is 2.27. The van der Waals surface area contributed by atoms with Crippen LogP contribution >= 0.6 is 0 Å². The molecule has 1 amide bonds. The first-order valence-corrected chi connectivity index (χ1v) is 9.55. The first-order chi connectivity index (χ1) is 12.5. The number of rotatable bonds is 6. The highest BCUT2D eigenvalue weighted by molar-refractivity contribution is 5.76. The normalized spacial score (nSPS) is 23.4. The Morgan fingerprint density at radius 3 is 2.77 bits per heavy atom. The lowest BCUT2D eigenvalue weighted by molar-refractivity contribution is -0.134. The highest BCUT2D eigenvalue weighted by atomic mass is 19.3. The second-order valence-corrected chi connectivity index (χ2v) is 7.47. The van der Waals surface area contributed by atoms with Crippen molar-refractivity contribution in [1.82, 2.24) is 24.7 Å². The van der Waals surface area contributed by atoms with Crippen molar-refractivity contribution in [2.75, 3.05) is 39.3 Å². The van der Waals surface area contributed by atoms with E-state index in [1.165, 1.54) is 25.2 Å². The fourth-order valence-corrected chi connectivity index (χ4v) is 3.94. The standard InChI is InChI=1S/C18H29F2N5O/c1-14(15-3-2-4-21-12-15)11-17(26)24-9-7-23(8-10-24)13-16-22-5-6-25(16)18(19)20/h5-6,14-15,18,21H,2-4,7-13H2,1H3. The van der Waals surface area contributed by atoms with E-state index in [4.69, 9.17) is 0 Å². The van der Waals surface area contributed by atoms with E-state index in [0.717, 1.165) is 17.7 Å². The third-order valence-electron chi connectivity index (χ3n) is 5.69. The van der Waals surface area contributed by atoms with Crippen molar-refractivity contribution in [1.29, 1.82) is 0 Å². The number of imidazole rings is 1. The fourth-order valence-electron chi connectivity index (χ4n) is 3.94.